The molecule has 1 aliphatic rings. The standard InChI is InChI=1S/C19H16BrN3O/c1-11-17(12(2)24)18(13-6-5-7-14(20)10-13)23-16-9-4-3-8-15(16)22-19(23)21-11/h3-10,18H,1-2H3,(H,21,22). The zero-order chi connectivity index (χ0) is 16.8. The molecular weight excluding hydrogens is 366 g/mol. The van der Waals surface area contributed by atoms with Crippen molar-refractivity contribution < 1.29 is 4.79 Å². The molecule has 0 aliphatic carbocycles. The lowest BCUT2D eigenvalue weighted by Gasteiger charge is -2.30. The van der Waals surface area contributed by atoms with Gasteiger partial charge >= 0.3 is 0 Å². The van der Waals surface area contributed by atoms with Crippen LogP contribution >= 0.6 is 15.9 Å². The van der Waals surface area contributed by atoms with Crippen molar-refractivity contribution >= 4 is 38.7 Å². The number of fused-ring (bicyclic) bond motifs is 3. The zero-order valence-electron chi connectivity index (χ0n) is 13.4. The highest BCUT2D eigenvalue weighted by molar-refractivity contribution is 9.10. The normalized spacial score (nSPS) is 16.9. The van der Waals surface area contributed by atoms with E-state index in [2.05, 4.69) is 37.9 Å². The van der Waals surface area contributed by atoms with Crippen LogP contribution in [0.2, 0.25) is 0 Å². The Kier molecular flexibility index (Phi) is 3.53. The molecule has 0 amide bonds. The first-order valence-electron chi connectivity index (χ1n) is 7.77. The molecule has 0 spiro atoms. The number of nitrogens with one attached hydrogen (secondary N) is 1. The summed E-state index contributed by atoms with van der Waals surface area (Å²) in [4.78, 5) is 17.1. The molecule has 2 aromatic carbocycles. The maximum Gasteiger partial charge on any atom is 0.209 e. The summed E-state index contributed by atoms with van der Waals surface area (Å²) in [6.45, 7) is 3.56. The molecule has 4 rings (SSSR count). The van der Waals surface area contributed by atoms with Crippen LogP contribution in [0.1, 0.15) is 25.5 Å². The number of carbonyl (C=O) groups is 1. The maximum atomic E-state index is 12.4. The summed E-state index contributed by atoms with van der Waals surface area (Å²) in [5.74, 6) is 0.831. The van der Waals surface area contributed by atoms with Gasteiger partial charge in [0.1, 0.15) is 0 Å². The van der Waals surface area contributed by atoms with Gasteiger partial charge in [0.05, 0.1) is 17.1 Å². The largest absolute Gasteiger partial charge is 0.329 e. The smallest absolute Gasteiger partial charge is 0.209 e. The van der Waals surface area contributed by atoms with Crippen molar-refractivity contribution in [3.05, 3.63) is 69.8 Å². The predicted molar refractivity (Wildman–Crippen MR) is 99.0 cm³/mol. The lowest BCUT2D eigenvalue weighted by atomic mass is 9.92. The predicted octanol–water partition coefficient (Wildman–Crippen LogP) is 4.68. The van der Waals surface area contributed by atoms with E-state index in [1.54, 1.807) is 6.92 Å². The number of rotatable bonds is 2. The lowest BCUT2D eigenvalue weighted by Crippen LogP contribution is -2.26. The molecule has 5 heteroatoms. The average Bonchev–Trinajstić information content (AvgIpc) is 2.91. The summed E-state index contributed by atoms with van der Waals surface area (Å²) < 4.78 is 3.10. The minimum absolute atomic E-state index is 0.0633. The first kappa shape index (κ1) is 15.1. The Hall–Kier alpha value is -2.40. The lowest BCUT2D eigenvalue weighted by molar-refractivity contribution is -0.114. The molecule has 1 aromatic heterocycles. The Bertz CT molecular complexity index is 1000. The van der Waals surface area contributed by atoms with Crippen LogP contribution in [0, 0.1) is 0 Å². The number of para-hydroxylation sites is 2. The number of halogens is 1. The van der Waals surface area contributed by atoms with Crippen molar-refractivity contribution in [1.29, 1.82) is 0 Å². The summed E-state index contributed by atoms with van der Waals surface area (Å²) in [5.41, 5.74) is 4.60. The van der Waals surface area contributed by atoms with Crippen LogP contribution in [-0.4, -0.2) is 15.3 Å². The number of benzene rings is 2. The van der Waals surface area contributed by atoms with Crippen LogP contribution in [0.25, 0.3) is 11.0 Å². The van der Waals surface area contributed by atoms with Gasteiger partial charge in [-0.2, -0.15) is 0 Å². The van der Waals surface area contributed by atoms with Gasteiger partial charge < -0.3 is 5.32 Å². The molecule has 0 bridgehead atoms. The highest BCUT2D eigenvalue weighted by Crippen LogP contribution is 2.39. The number of aromatic nitrogens is 2. The number of Topliss-reactive ketones (excluding diaryl/α,β-unsaturated/α-hetero) is 1. The highest BCUT2D eigenvalue weighted by Gasteiger charge is 2.32. The number of imidazole rings is 1. The van der Waals surface area contributed by atoms with E-state index in [-0.39, 0.29) is 11.8 Å². The molecule has 0 saturated carbocycles. The van der Waals surface area contributed by atoms with Gasteiger partial charge in [-0.05, 0) is 43.7 Å². The Balaban J connectivity index is 2.05. The number of carbonyl (C=O) groups excluding carboxylic acids is 1. The van der Waals surface area contributed by atoms with Crippen molar-refractivity contribution in [1.82, 2.24) is 9.55 Å². The fourth-order valence-corrected chi connectivity index (χ4v) is 3.83. The van der Waals surface area contributed by atoms with Crippen LogP contribution in [0.3, 0.4) is 0 Å². The van der Waals surface area contributed by atoms with E-state index in [1.165, 1.54) is 0 Å². The number of anilines is 1. The van der Waals surface area contributed by atoms with Gasteiger partial charge in [-0.1, -0.05) is 40.2 Å². The Labute approximate surface area is 148 Å². The second kappa shape index (κ2) is 5.60. The quantitative estimate of drug-likeness (QED) is 0.700. The molecule has 0 fully saturated rings. The van der Waals surface area contributed by atoms with E-state index >= 15 is 0 Å². The molecule has 1 unspecified atom stereocenters. The number of ketones is 1. The van der Waals surface area contributed by atoms with E-state index in [0.29, 0.717) is 0 Å². The van der Waals surface area contributed by atoms with Crippen LogP contribution < -0.4 is 5.32 Å². The number of nitrogens with zero attached hydrogens (tertiary/aromatic N) is 2. The molecular formula is C19H16BrN3O. The number of hydrogen-bond acceptors (Lipinski definition) is 3. The van der Waals surface area contributed by atoms with E-state index in [1.807, 2.05) is 43.3 Å². The van der Waals surface area contributed by atoms with Crippen LogP contribution in [0.5, 0.6) is 0 Å². The minimum Gasteiger partial charge on any atom is -0.329 e. The molecule has 1 atom stereocenters. The Morgan fingerprint density at radius 1 is 1.21 bits per heavy atom. The molecule has 3 aromatic rings. The first-order valence-corrected chi connectivity index (χ1v) is 8.56. The Morgan fingerprint density at radius 3 is 2.75 bits per heavy atom. The van der Waals surface area contributed by atoms with Crippen LogP contribution in [0.4, 0.5) is 5.95 Å². The molecule has 1 aliphatic heterocycles. The SMILES string of the molecule is CC(=O)C1=C(C)Nc2nc3ccccc3n2C1c1cccc(Br)c1. The fourth-order valence-electron chi connectivity index (χ4n) is 3.41. The summed E-state index contributed by atoms with van der Waals surface area (Å²) in [6.07, 6.45) is 0. The summed E-state index contributed by atoms with van der Waals surface area (Å²) in [7, 11) is 0. The van der Waals surface area contributed by atoms with Gasteiger partial charge in [0, 0.05) is 15.7 Å². The zero-order valence-corrected chi connectivity index (χ0v) is 15.0. The third kappa shape index (κ3) is 2.27. The second-order valence-corrected chi connectivity index (χ2v) is 6.89. The van der Waals surface area contributed by atoms with Crippen LogP contribution in [0.15, 0.2) is 64.3 Å². The summed E-state index contributed by atoms with van der Waals surface area (Å²) in [6, 6.07) is 15.9. The molecule has 2 heterocycles. The first-order chi connectivity index (χ1) is 11.6. The Morgan fingerprint density at radius 2 is 2.00 bits per heavy atom. The van der Waals surface area contributed by atoms with Gasteiger partial charge in [0.15, 0.2) is 5.78 Å². The van der Waals surface area contributed by atoms with Gasteiger partial charge in [0.2, 0.25) is 5.95 Å². The third-order valence-corrected chi connectivity index (χ3v) is 4.87. The minimum atomic E-state index is -0.191. The van der Waals surface area contributed by atoms with Crippen molar-refractivity contribution in [3.8, 4) is 0 Å². The number of hydrogen-bond donors (Lipinski definition) is 1. The maximum absolute atomic E-state index is 12.4. The number of allylic oxidation sites excluding steroid dienone is 2. The van der Waals surface area contributed by atoms with Crippen molar-refractivity contribution in [3.63, 3.8) is 0 Å². The van der Waals surface area contributed by atoms with Gasteiger partial charge in [-0.25, -0.2) is 4.98 Å². The topological polar surface area (TPSA) is 46.9 Å². The third-order valence-electron chi connectivity index (χ3n) is 4.37. The van der Waals surface area contributed by atoms with Gasteiger partial charge in [-0.3, -0.25) is 9.36 Å². The average molecular weight is 382 g/mol. The molecule has 1 N–H and O–H groups in total. The van der Waals surface area contributed by atoms with E-state index in [9.17, 15) is 4.79 Å². The van der Waals surface area contributed by atoms with E-state index in [4.69, 9.17) is 4.98 Å². The second-order valence-electron chi connectivity index (χ2n) is 5.97. The molecule has 24 heavy (non-hydrogen) atoms. The highest BCUT2D eigenvalue weighted by atomic mass is 79.9. The fraction of sp³-hybridized carbons (Fsp3) is 0.158. The summed E-state index contributed by atoms with van der Waals surface area (Å²) >= 11 is 3.54. The summed E-state index contributed by atoms with van der Waals surface area (Å²) in [5, 5.41) is 3.29. The van der Waals surface area contributed by atoms with Gasteiger partial charge in [0.25, 0.3) is 0 Å². The van der Waals surface area contributed by atoms with Crippen LogP contribution in [-0.2, 0) is 4.79 Å². The van der Waals surface area contributed by atoms with E-state index < -0.39 is 0 Å². The molecule has 120 valence electrons. The monoisotopic (exact) mass is 381 g/mol. The molecule has 4 nitrogen and oxygen atoms in total. The van der Waals surface area contributed by atoms with Gasteiger partial charge in [-0.15, -0.1) is 0 Å². The van der Waals surface area contributed by atoms with Crippen molar-refractivity contribution in [2.45, 2.75) is 19.9 Å². The molecule has 0 radical (unpaired) electrons. The van der Waals surface area contributed by atoms with E-state index in [0.717, 1.165) is 38.3 Å². The molecule has 0 saturated heterocycles. The van der Waals surface area contributed by atoms with Crippen molar-refractivity contribution in [2.75, 3.05) is 5.32 Å². The van der Waals surface area contributed by atoms with Crippen molar-refractivity contribution in [2.24, 2.45) is 0 Å².